The number of rotatable bonds is 6. The third-order valence-electron chi connectivity index (χ3n) is 5.41. The Morgan fingerprint density at radius 1 is 1.12 bits per heavy atom. The van der Waals surface area contributed by atoms with Gasteiger partial charge in [0.1, 0.15) is 17.8 Å². The first-order valence-corrected chi connectivity index (χ1v) is 10.9. The standard InChI is InChI=1S/C24H28FN5O2/c1-2-26-24(30-15-13-29(14-16-30)21-5-3-4-6-22(21)31)27-12-11-20-17-32-23(28-20)18-7-9-19(25)10-8-18/h3-10,17,31H,2,11-16H2,1H3,(H,26,27). The summed E-state index contributed by atoms with van der Waals surface area (Å²) in [4.78, 5) is 13.7. The van der Waals surface area contributed by atoms with Gasteiger partial charge in [0.2, 0.25) is 5.89 Å². The maximum absolute atomic E-state index is 13.1. The van der Waals surface area contributed by atoms with Crippen molar-refractivity contribution in [1.29, 1.82) is 0 Å². The van der Waals surface area contributed by atoms with E-state index in [1.807, 2.05) is 18.2 Å². The average Bonchev–Trinajstić information content (AvgIpc) is 3.28. The zero-order chi connectivity index (χ0) is 22.3. The zero-order valence-corrected chi connectivity index (χ0v) is 18.2. The minimum absolute atomic E-state index is 0.285. The highest BCUT2D eigenvalue weighted by Gasteiger charge is 2.21. The minimum Gasteiger partial charge on any atom is -0.506 e. The van der Waals surface area contributed by atoms with E-state index in [9.17, 15) is 9.50 Å². The number of piperazine rings is 1. The van der Waals surface area contributed by atoms with Crippen molar-refractivity contribution in [2.24, 2.45) is 4.99 Å². The number of aromatic hydroxyl groups is 1. The van der Waals surface area contributed by atoms with Crippen LogP contribution in [0, 0.1) is 5.82 Å². The molecule has 2 aromatic carbocycles. The molecule has 0 bridgehead atoms. The molecule has 2 heterocycles. The van der Waals surface area contributed by atoms with E-state index < -0.39 is 0 Å². The molecule has 4 rings (SSSR count). The molecule has 0 aliphatic carbocycles. The van der Waals surface area contributed by atoms with Crippen molar-refractivity contribution in [3.05, 3.63) is 66.3 Å². The average molecular weight is 438 g/mol. The van der Waals surface area contributed by atoms with Gasteiger partial charge >= 0.3 is 0 Å². The van der Waals surface area contributed by atoms with E-state index in [1.54, 1.807) is 24.5 Å². The van der Waals surface area contributed by atoms with Crippen molar-refractivity contribution in [3.63, 3.8) is 0 Å². The smallest absolute Gasteiger partial charge is 0.226 e. The van der Waals surface area contributed by atoms with Crippen molar-refractivity contribution in [1.82, 2.24) is 15.2 Å². The number of oxazole rings is 1. The summed E-state index contributed by atoms with van der Waals surface area (Å²) in [6.07, 6.45) is 2.28. The predicted octanol–water partition coefficient (Wildman–Crippen LogP) is 3.52. The van der Waals surface area contributed by atoms with Gasteiger partial charge in [-0.25, -0.2) is 9.37 Å². The number of nitrogens with zero attached hydrogens (tertiary/aromatic N) is 4. The molecule has 1 aromatic heterocycles. The molecule has 0 atom stereocenters. The van der Waals surface area contributed by atoms with Gasteiger partial charge < -0.3 is 24.6 Å². The van der Waals surface area contributed by atoms with Crippen molar-refractivity contribution < 1.29 is 13.9 Å². The van der Waals surface area contributed by atoms with Gasteiger partial charge in [-0.05, 0) is 43.3 Å². The molecule has 1 aliphatic heterocycles. The highest BCUT2D eigenvalue weighted by molar-refractivity contribution is 5.80. The monoisotopic (exact) mass is 437 g/mol. The van der Waals surface area contributed by atoms with Crippen molar-refractivity contribution >= 4 is 11.6 Å². The van der Waals surface area contributed by atoms with Crippen LogP contribution in [-0.4, -0.2) is 60.2 Å². The van der Waals surface area contributed by atoms with E-state index in [-0.39, 0.29) is 5.82 Å². The number of phenols is 1. The Hall–Kier alpha value is -3.55. The number of halogens is 1. The Morgan fingerprint density at radius 2 is 1.88 bits per heavy atom. The van der Waals surface area contributed by atoms with Gasteiger partial charge in [-0.3, -0.25) is 4.99 Å². The Bertz CT molecular complexity index is 1040. The summed E-state index contributed by atoms with van der Waals surface area (Å²) in [6.45, 7) is 6.69. The Balaban J connectivity index is 1.34. The number of nitrogens with one attached hydrogen (secondary N) is 1. The van der Waals surface area contributed by atoms with Crippen LogP contribution in [0.4, 0.5) is 10.1 Å². The number of hydrogen-bond acceptors (Lipinski definition) is 5. The fourth-order valence-corrected chi connectivity index (χ4v) is 3.74. The largest absolute Gasteiger partial charge is 0.506 e. The van der Waals surface area contributed by atoms with Crippen LogP contribution in [0.1, 0.15) is 12.6 Å². The second kappa shape index (κ2) is 10.2. The van der Waals surface area contributed by atoms with Crippen LogP contribution in [0.15, 0.2) is 64.2 Å². The van der Waals surface area contributed by atoms with Crippen LogP contribution in [-0.2, 0) is 6.42 Å². The highest BCUT2D eigenvalue weighted by Crippen LogP contribution is 2.27. The van der Waals surface area contributed by atoms with E-state index in [4.69, 9.17) is 9.41 Å². The number of anilines is 1. The SMILES string of the molecule is CCNC(=NCCc1coc(-c2ccc(F)cc2)n1)N1CCN(c2ccccc2O)CC1. The first kappa shape index (κ1) is 21.7. The van der Waals surface area contributed by atoms with Gasteiger partial charge in [0, 0.05) is 51.3 Å². The second-order valence-electron chi connectivity index (χ2n) is 7.60. The van der Waals surface area contributed by atoms with Crippen molar-refractivity contribution in [2.75, 3.05) is 44.2 Å². The third-order valence-corrected chi connectivity index (χ3v) is 5.41. The lowest BCUT2D eigenvalue weighted by Gasteiger charge is -2.37. The fraction of sp³-hybridized carbons (Fsp3) is 0.333. The molecule has 1 aliphatic rings. The van der Waals surface area contributed by atoms with E-state index in [0.29, 0.717) is 24.6 Å². The van der Waals surface area contributed by atoms with Crippen LogP contribution in [0.5, 0.6) is 5.75 Å². The third kappa shape index (κ3) is 5.19. The number of guanidine groups is 1. The first-order valence-electron chi connectivity index (χ1n) is 10.9. The summed E-state index contributed by atoms with van der Waals surface area (Å²) < 4.78 is 18.6. The van der Waals surface area contributed by atoms with Crippen LogP contribution in [0.3, 0.4) is 0 Å². The highest BCUT2D eigenvalue weighted by atomic mass is 19.1. The normalized spacial score (nSPS) is 14.6. The van der Waals surface area contributed by atoms with Crippen LogP contribution < -0.4 is 10.2 Å². The first-order chi connectivity index (χ1) is 15.6. The summed E-state index contributed by atoms with van der Waals surface area (Å²) in [6, 6.07) is 13.5. The number of benzene rings is 2. The van der Waals surface area contributed by atoms with Crippen LogP contribution >= 0.6 is 0 Å². The summed E-state index contributed by atoms with van der Waals surface area (Å²) >= 11 is 0. The Kier molecular flexibility index (Phi) is 6.89. The minimum atomic E-state index is -0.285. The van der Waals surface area contributed by atoms with Gasteiger partial charge in [-0.1, -0.05) is 12.1 Å². The summed E-state index contributed by atoms with van der Waals surface area (Å²) in [5, 5.41) is 13.5. The predicted molar refractivity (Wildman–Crippen MR) is 123 cm³/mol. The number of hydrogen-bond donors (Lipinski definition) is 2. The maximum Gasteiger partial charge on any atom is 0.226 e. The van der Waals surface area contributed by atoms with Gasteiger partial charge in [0.15, 0.2) is 5.96 Å². The Labute approximate surface area is 187 Å². The van der Waals surface area contributed by atoms with Crippen molar-refractivity contribution in [2.45, 2.75) is 13.3 Å². The summed E-state index contributed by atoms with van der Waals surface area (Å²) in [5.41, 5.74) is 2.43. The maximum atomic E-state index is 13.1. The number of phenolic OH excluding ortho intramolecular Hbond substituents is 1. The van der Waals surface area contributed by atoms with Crippen molar-refractivity contribution in [3.8, 4) is 17.2 Å². The van der Waals surface area contributed by atoms with Crippen LogP contribution in [0.25, 0.3) is 11.5 Å². The molecule has 7 nitrogen and oxygen atoms in total. The molecule has 0 amide bonds. The lowest BCUT2D eigenvalue weighted by Crippen LogP contribution is -2.52. The molecule has 1 saturated heterocycles. The molecule has 2 N–H and O–H groups in total. The topological polar surface area (TPSA) is 77.1 Å². The van der Waals surface area contributed by atoms with E-state index in [1.165, 1.54) is 12.1 Å². The lowest BCUT2D eigenvalue weighted by molar-refractivity contribution is 0.370. The number of para-hydroxylation sites is 2. The van der Waals surface area contributed by atoms with Gasteiger partial charge in [-0.15, -0.1) is 0 Å². The number of aromatic nitrogens is 1. The zero-order valence-electron chi connectivity index (χ0n) is 18.2. The van der Waals surface area contributed by atoms with E-state index >= 15 is 0 Å². The fourth-order valence-electron chi connectivity index (χ4n) is 3.74. The molecular formula is C24H28FN5O2. The molecule has 0 unspecified atom stereocenters. The molecule has 0 spiro atoms. The summed E-state index contributed by atoms with van der Waals surface area (Å²) in [7, 11) is 0. The summed E-state index contributed by atoms with van der Waals surface area (Å²) in [5.74, 6) is 1.39. The number of aliphatic imine (C=N–C) groups is 1. The van der Waals surface area contributed by atoms with Gasteiger partial charge in [0.05, 0.1) is 11.4 Å². The van der Waals surface area contributed by atoms with Gasteiger partial charge in [0.25, 0.3) is 0 Å². The quantitative estimate of drug-likeness (QED) is 0.454. The molecular weight excluding hydrogens is 409 g/mol. The molecule has 168 valence electrons. The second-order valence-corrected chi connectivity index (χ2v) is 7.60. The molecule has 8 heteroatoms. The molecule has 3 aromatic rings. The van der Waals surface area contributed by atoms with E-state index in [2.05, 4.69) is 27.0 Å². The van der Waals surface area contributed by atoms with Crippen LogP contribution in [0.2, 0.25) is 0 Å². The molecule has 32 heavy (non-hydrogen) atoms. The lowest BCUT2D eigenvalue weighted by atomic mass is 10.2. The van der Waals surface area contributed by atoms with E-state index in [0.717, 1.165) is 55.6 Å². The van der Waals surface area contributed by atoms with Gasteiger partial charge in [-0.2, -0.15) is 0 Å². The Morgan fingerprint density at radius 3 is 2.59 bits per heavy atom. The molecule has 0 radical (unpaired) electrons. The molecule has 0 saturated carbocycles. The molecule has 1 fully saturated rings.